The average molecular weight is 544 g/mol. The van der Waals surface area contributed by atoms with Crippen LogP contribution in [0.15, 0.2) is 66.7 Å². The Bertz CT molecular complexity index is 1340. The number of rotatable bonds is 12. The van der Waals surface area contributed by atoms with Crippen LogP contribution in [0.3, 0.4) is 0 Å². The van der Waals surface area contributed by atoms with Crippen molar-refractivity contribution < 1.29 is 28.8 Å². The van der Waals surface area contributed by atoms with Crippen LogP contribution < -0.4 is 14.2 Å². The Hall–Kier alpha value is -3.97. The monoisotopic (exact) mass is 543 g/mol. The zero-order chi connectivity index (χ0) is 28.1. The van der Waals surface area contributed by atoms with Gasteiger partial charge in [0.25, 0.3) is 0 Å². The van der Waals surface area contributed by atoms with E-state index in [2.05, 4.69) is 24.8 Å². The van der Waals surface area contributed by atoms with E-state index < -0.39 is 0 Å². The smallest absolute Gasteiger partial charge is 0.309 e. The van der Waals surface area contributed by atoms with Gasteiger partial charge in [-0.2, -0.15) is 0 Å². The van der Waals surface area contributed by atoms with Crippen molar-refractivity contribution in [3.8, 4) is 23.0 Å². The Morgan fingerprint density at radius 2 is 1.60 bits per heavy atom. The van der Waals surface area contributed by atoms with E-state index in [1.165, 1.54) is 0 Å². The van der Waals surface area contributed by atoms with E-state index in [0.29, 0.717) is 18.9 Å². The molecule has 0 spiro atoms. The lowest BCUT2D eigenvalue weighted by Gasteiger charge is -2.23. The van der Waals surface area contributed by atoms with Crippen LogP contribution in [-0.2, 0) is 9.53 Å². The van der Waals surface area contributed by atoms with Crippen LogP contribution in [0, 0.1) is 5.92 Å². The molecule has 1 aliphatic carbocycles. The Morgan fingerprint density at radius 3 is 2.25 bits per heavy atom. The number of carbonyl (C=O) groups is 1. The fourth-order valence-electron chi connectivity index (χ4n) is 4.84. The van der Waals surface area contributed by atoms with Crippen molar-refractivity contribution in [2.75, 3.05) is 33.5 Å². The maximum atomic E-state index is 12.3. The molecule has 1 aliphatic heterocycles. The number of allylic oxidation sites excluding steroid dienone is 1. The molecule has 7 heteroatoms. The number of carbonyl (C=O) groups excluding carboxylic acids is 1. The van der Waals surface area contributed by atoms with E-state index in [1.807, 2.05) is 55.6 Å². The topological polar surface area (TPSA) is 77.5 Å². The summed E-state index contributed by atoms with van der Waals surface area (Å²) >= 11 is 0. The summed E-state index contributed by atoms with van der Waals surface area (Å²) in [7, 11) is 2.01. The van der Waals surface area contributed by atoms with Gasteiger partial charge in [0.05, 0.1) is 5.92 Å². The highest BCUT2D eigenvalue weighted by atomic mass is 16.7. The lowest BCUT2D eigenvalue weighted by molar-refractivity contribution is -0.153. The molecule has 1 atom stereocenters. The summed E-state index contributed by atoms with van der Waals surface area (Å²) in [5, 5.41) is 9.93. The van der Waals surface area contributed by atoms with E-state index in [4.69, 9.17) is 18.9 Å². The summed E-state index contributed by atoms with van der Waals surface area (Å²) in [5.74, 6) is 2.35. The van der Waals surface area contributed by atoms with Crippen molar-refractivity contribution >= 4 is 17.1 Å². The van der Waals surface area contributed by atoms with Crippen molar-refractivity contribution in [1.29, 1.82) is 0 Å². The Balaban J connectivity index is 1.41. The van der Waals surface area contributed by atoms with Crippen LogP contribution in [0.2, 0.25) is 0 Å². The number of phenolic OH excluding ortho intramolecular Hbond substituents is 1. The van der Waals surface area contributed by atoms with Crippen LogP contribution in [0.1, 0.15) is 49.8 Å². The van der Waals surface area contributed by atoms with Crippen molar-refractivity contribution in [2.24, 2.45) is 5.92 Å². The first-order valence-corrected chi connectivity index (χ1v) is 14.0. The molecule has 40 heavy (non-hydrogen) atoms. The fourth-order valence-corrected chi connectivity index (χ4v) is 4.84. The maximum absolute atomic E-state index is 12.3. The van der Waals surface area contributed by atoms with Crippen LogP contribution >= 0.6 is 0 Å². The summed E-state index contributed by atoms with van der Waals surface area (Å²) < 4.78 is 23.0. The lowest BCUT2D eigenvalue weighted by Crippen LogP contribution is -2.37. The Labute approximate surface area is 235 Å². The number of fused-ring (bicyclic) bond motifs is 1. The van der Waals surface area contributed by atoms with Gasteiger partial charge in [-0.15, -0.1) is 0 Å². The number of aromatic hydroxyl groups is 1. The molecule has 1 fully saturated rings. The van der Waals surface area contributed by atoms with Gasteiger partial charge in [0, 0.05) is 6.54 Å². The van der Waals surface area contributed by atoms with Crippen LogP contribution in [-0.4, -0.2) is 55.6 Å². The number of ether oxygens (including phenoxy) is 4. The number of phenols is 1. The standard InChI is InChI=1S/C33H37NO6/c1-4-29(25-12-17-30-31(18-25)39-21-38-30)32(22-8-13-26(35)14-9-22)23-10-15-27(16-11-23)37-20-28(19-34(3)5-2)40-33(36)24-6-7-24/h8-18,24,28,35H,4-7,19-21H2,1-3H3. The molecule has 210 valence electrons. The van der Waals surface area contributed by atoms with E-state index in [1.54, 1.807) is 12.1 Å². The molecule has 3 aromatic rings. The number of nitrogens with zero attached hydrogens (tertiary/aromatic N) is 1. The van der Waals surface area contributed by atoms with Crippen LogP contribution in [0.4, 0.5) is 0 Å². The SMILES string of the molecule is CCC(=C(c1ccc(O)cc1)c1ccc(OCC(CN(C)CC)OC(=O)C2CC2)cc1)c1ccc2c(c1)OCO2. The Kier molecular flexibility index (Phi) is 8.60. The summed E-state index contributed by atoms with van der Waals surface area (Å²) in [6, 6.07) is 21.3. The third-order valence-corrected chi connectivity index (χ3v) is 7.36. The average Bonchev–Trinajstić information content (AvgIpc) is 3.73. The van der Waals surface area contributed by atoms with Gasteiger partial charge in [0.15, 0.2) is 11.5 Å². The van der Waals surface area contributed by atoms with E-state index in [-0.39, 0.29) is 30.5 Å². The zero-order valence-electron chi connectivity index (χ0n) is 23.4. The van der Waals surface area contributed by atoms with Gasteiger partial charge in [-0.3, -0.25) is 4.79 Å². The zero-order valence-corrected chi connectivity index (χ0v) is 23.4. The summed E-state index contributed by atoms with van der Waals surface area (Å²) in [4.78, 5) is 14.4. The van der Waals surface area contributed by atoms with Crippen LogP contribution in [0.5, 0.6) is 23.0 Å². The van der Waals surface area contributed by atoms with E-state index in [0.717, 1.165) is 65.1 Å². The number of likely N-dealkylation sites (N-methyl/N-ethyl adjacent to an activating group) is 1. The van der Waals surface area contributed by atoms with Crippen molar-refractivity contribution in [3.63, 3.8) is 0 Å². The first kappa shape index (κ1) is 27.6. The highest BCUT2D eigenvalue weighted by Gasteiger charge is 2.33. The number of benzene rings is 3. The van der Waals surface area contributed by atoms with Gasteiger partial charge < -0.3 is 29.0 Å². The lowest BCUT2D eigenvalue weighted by atomic mass is 9.88. The molecule has 5 rings (SSSR count). The van der Waals surface area contributed by atoms with Gasteiger partial charge >= 0.3 is 5.97 Å². The second-order valence-corrected chi connectivity index (χ2v) is 10.3. The number of hydrogen-bond donors (Lipinski definition) is 1. The molecule has 0 amide bonds. The predicted octanol–water partition coefficient (Wildman–Crippen LogP) is 6.14. The second kappa shape index (κ2) is 12.5. The first-order chi connectivity index (χ1) is 19.4. The number of hydrogen-bond acceptors (Lipinski definition) is 7. The molecule has 1 unspecified atom stereocenters. The first-order valence-electron chi connectivity index (χ1n) is 14.0. The Morgan fingerprint density at radius 1 is 0.950 bits per heavy atom. The summed E-state index contributed by atoms with van der Waals surface area (Å²) in [5.41, 5.74) is 5.28. The van der Waals surface area contributed by atoms with E-state index in [9.17, 15) is 9.90 Å². The van der Waals surface area contributed by atoms with Crippen molar-refractivity contribution in [1.82, 2.24) is 4.90 Å². The van der Waals surface area contributed by atoms with Gasteiger partial charge in [0.2, 0.25) is 6.79 Å². The highest BCUT2D eigenvalue weighted by molar-refractivity contribution is 5.99. The third-order valence-electron chi connectivity index (χ3n) is 7.36. The molecule has 0 radical (unpaired) electrons. The molecule has 7 nitrogen and oxygen atoms in total. The minimum absolute atomic E-state index is 0.0522. The third kappa shape index (κ3) is 6.59. The molecule has 0 bridgehead atoms. The van der Waals surface area contributed by atoms with E-state index >= 15 is 0 Å². The quantitative estimate of drug-likeness (QED) is 0.217. The van der Waals surface area contributed by atoms with Gasteiger partial charge in [-0.1, -0.05) is 44.2 Å². The highest BCUT2D eigenvalue weighted by Crippen LogP contribution is 2.40. The molecule has 1 saturated carbocycles. The minimum Gasteiger partial charge on any atom is -0.508 e. The maximum Gasteiger partial charge on any atom is 0.309 e. The number of esters is 1. The molecule has 0 saturated heterocycles. The molecular weight excluding hydrogens is 506 g/mol. The van der Waals surface area contributed by atoms with Gasteiger partial charge in [0.1, 0.15) is 24.2 Å². The molecule has 1 heterocycles. The van der Waals surface area contributed by atoms with Crippen molar-refractivity contribution in [2.45, 2.75) is 39.2 Å². The largest absolute Gasteiger partial charge is 0.508 e. The van der Waals surface area contributed by atoms with Crippen LogP contribution in [0.25, 0.3) is 11.1 Å². The summed E-state index contributed by atoms with van der Waals surface area (Å²) in [6.07, 6.45) is 2.29. The minimum atomic E-state index is -0.331. The predicted molar refractivity (Wildman–Crippen MR) is 155 cm³/mol. The molecule has 2 aliphatic rings. The molecule has 1 N–H and O–H groups in total. The fraction of sp³-hybridized carbons (Fsp3) is 0.364. The summed E-state index contributed by atoms with van der Waals surface area (Å²) in [6.45, 7) is 6.21. The molecule has 3 aromatic carbocycles. The normalized spacial score (nSPS) is 15.5. The molecule has 0 aromatic heterocycles. The second-order valence-electron chi connectivity index (χ2n) is 10.3. The molecular formula is C33H37NO6. The van der Waals surface area contributed by atoms with Gasteiger partial charge in [-0.05, 0) is 97.1 Å². The van der Waals surface area contributed by atoms with Crippen molar-refractivity contribution in [3.05, 3.63) is 83.4 Å². The van der Waals surface area contributed by atoms with Gasteiger partial charge in [-0.25, -0.2) is 0 Å².